The van der Waals surface area contributed by atoms with E-state index in [0.717, 1.165) is 11.8 Å². The van der Waals surface area contributed by atoms with Gasteiger partial charge in [0.05, 0.1) is 22.7 Å². The first-order chi connectivity index (χ1) is 13.3. The maximum Gasteiger partial charge on any atom is 0.276 e. The first-order valence-corrected chi connectivity index (χ1v) is 10.2. The summed E-state index contributed by atoms with van der Waals surface area (Å²) in [7, 11) is -3.92. The van der Waals surface area contributed by atoms with E-state index in [2.05, 4.69) is 15.3 Å². The van der Waals surface area contributed by atoms with Gasteiger partial charge in [-0.2, -0.15) is 0 Å². The number of aryl methyl sites for hydroxylation is 1. The molecule has 6 nitrogen and oxygen atoms in total. The Hall–Kier alpha value is -2.84. The Balaban J connectivity index is 1.90. The summed E-state index contributed by atoms with van der Waals surface area (Å²) in [5, 5.41) is 1.64. The largest absolute Gasteiger partial charge is 0.318 e. The molecule has 0 atom stereocenters. The van der Waals surface area contributed by atoms with E-state index in [1.54, 1.807) is 18.2 Å². The number of nitrogens with zero attached hydrogens (tertiary/aromatic N) is 2. The molecule has 3 rings (SSSR count). The summed E-state index contributed by atoms with van der Waals surface area (Å²) in [5.41, 5.74) is 1.04. The third-order valence-electron chi connectivity index (χ3n) is 3.78. The number of rotatable bonds is 5. The number of amides is 1. The van der Waals surface area contributed by atoms with Gasteiger partial charge in [0.25, 0.3) is 5.91 Å². The topological polar surface area (TPSA) is 89.0 Å². The predicted molar refractivity (Wildman–Crippen MR) is 103 cm³/mol. The molecule has 0 spiro atoms. The normalized spacial score (nSPS) is 11.2. The standard InChI is InChI=1S/C19H15ClFN3O3S/c1-12-5-4-6-13(9-12)11-28(26,27)19-22-10-14(20)17(24-19)18(25)23-16-8-3-2-7-15(16)21/h2-10H,11H2,1H3,(H,23,25). The molecule has 0 aliphatic heterocycles. The van der Waals surface area contributed by atoms with Gasteiger partial charge in [0.1, 0.15) is 5.82 Å². The van der Waals surface area contributed by atoms with Crippen LogP contribution in [0.15, 0.2) is 59.9 Å². The van der Waals surface area contributed by atoms with Crippen LogP contribution in [0.5, 0.6) is 0 Å². The Bertz CT molecular complexity index is 1150. The Morgan fingerprint density at radius 2 is 1.93 bits per heavy atom. The lowest BCUT2D eigenvalue weighted by atomic mass is 10.2. The van der Waals surface area contributed by atoms with Gasteiger partial charge in [-0.05, 0) is 24.6 Å². The summed E-state index contributed by atoms with van der Waals surface area (Å²) in [6, 6.07) is 12.5. The molecular weight excluding hydrogens is 405 g/mol. The number of nitrogens with one attached hydrogen (secondary N) is 1. The number of carbonyl (C=O) groups is 1. The summed E-state index contributed by atoms with van der Waals surface area (Å²) in [6.45, 7) is 1.85. The molecule has 28 heavy (non-hydrogen) atoms. The Morgan fingerprint density at radius 1 is 1.18 bits per heavy atom. The van der Waals surface area contributed by atoms with E-state index >= 15 is 0 Å². The van der Waals surface area contributed by atoms with Gasteiger partial charge in [-0.3, -0.25) is 4.79 Å². The van der Waals surface area contributed by atoms with Crippen molar-refractivity contribution in [2.24, 2.45) is 0 Å². The van der Waals surface area contributed by atoms with Crippen molar-refractivity contribution in [2.75, 3.05) is 5.32 Å². The third kappa shape index (κ3) is 4.52. The Morgan fingerprint density at radius 3 is 2.64 bits per heavy atom. The van der Waals surface area contributed by atoms with Crippen molar-refractivity contribution in [3.05, 3.63) is 82.4 Å². The fourth-order valence-corrected chi connectivity index (χ4v) is 3.86. The minimum Gasteiger partial charge on any atom is -0.318 e. The van der Waals surface area contributed by atoms with Crippen molar-refractivity contribution in [3.63, 3.8) is 0 Å². The zero-order valence-electron chi connectivity index (χ0n) is 14.7. The number of sulfone groups is 1. The first-order valence-electron chi connectivity index (χ1n) is 8.13. The van der Waals surface area contributed by atoms with Crippen molar-refractivity contribution in [1.82, 2.24) is 9.97 Å². The van der Waals surface area contributed by atoms with Crippen LogP contribution in [-0.4, -0.2) is 24.3 Å². The lowest BCUT2D eigenvalue weighted by Gasteiger charge is -2.09. The van der Waals surface area contributed by atoms with Gasteiger partial charge in [-0.25, -0.2) is 22.8 Å². The molecule has 1 amide bonds. The number of carbonyl (C=O) groups excluding carboxylic acids is 1. The quantitative estimate of drug-likeness (QED) is 0.635. The predicted octanol–water partition coefficient (Wildman–Crippen LogP) is 3.80. The van der Waals surface area contributed by atoms with E-state index in [1.165, 1.54) is 24.3 Å². The highest BCUT2D eigenvalue weighted by Crippen LogP contribution is 2.20. The van der Waals surface area contributed by atoms with Gasteiger partial charge in [0.2, 0.25) is 15.0 Å². The molecule has 9 heteroatoms. The van der Waals surface area contributed by atoms with Gasteiger partial charge in [0.15, 0.2) is 5.69 Å². The number of benzene rings is 2. The zero-order chi connectivity index (χ0) is 20.3. The van der Waals surface area contributed by atoms with Crippen molar-refractivity contribution in [3.8, 4) is 0 Å². The molecule has 0 unspecified atom stereocenters. The van der Waals surface area contributed by atoms with Crippen molar-refractivity contribution in [1.29, 1.82) is 0 Å². The molecule has 2 aromatic carbocycles. The number of para-hydroxylation sites is 1. The van der Waals surface area contributed by atoms with Crippen LogP contribution >= 0.6 is 11.6 Å². The van der Waals surface area contributed by atoms with Crippen LogP contribution in [-0.2, 0) is 15.6 Å². The highest BCUT2D eigenvalue weighted by Gasteiger charge is 2.23. The number of hydrogen-bond acceptors (Lipinski definition) is 5. The second kappa shape index (κ2) is 8.04. The average molecular weight is 420 g/mol. The summed E-state index contributed by atoms with van der Waals surface area (Å²) in [6.07, 6.45) is 1.04. The van der Waals surface area contributed by atoms with Gasteiger partial charge in [-0.15, -0.1) is 0 Å². The molecule has 0 fully saturated rings. The van der Waals surface area contributed by atoms with Gasteiger partial charge < -0.3 is 5.32 Å². The maximum absolute atomic E-state index is 13.7. The van der Waals surface area contributed by atoms with Crippen LogP contribution in [0.2, 0.25) is 5.02 Å². The number of hydrogen-bond donors (Lipinski definition) is 1. The molecule has 0 radical (unpaired) electrons. The van der Waals surface area contributed by atoms with Gasteiger partial charge in [-0.1, -0.05) is 53.6 Å². The van der Waals surface area contributed by atoms with E-state index in [-0.39, 0.29) is 22.2 Å². The van der Waals surface area contributed by atoms with Crippen molar-refractivity contribution in [2.45, 2.75) is 17.8 Å². The van der Waals surface area contributed by atoms with Crippen LogP contribution in [0.3, 0.4) is 0 Å². The van der Waals surface area contributed by atoms with Crippen LogP contribution in [0.1, 0.15) is 21.6 Å². The van der Waals surface area contributed by atoms with Crippen molar-refractivity contribution >= 4 is 33.0 Å². The fraction of sp³-hybridized carbons (Fsp3) is 0.105. The minimum absolute atomic E-state index is 0.0775. The number of anilines is 1. The molecule has 0 bridgehead atoms. The number of aromatic nitrogens is 2. The summed E-state index contributed by atoms with van der Waals surface area (Å²) in [4.78, 5) is 20.0. The Kier molecular flexibility index (Phi) is 5.71. The van der Waals surface area contributed by atoms with Crippen LogP contribution in [0.25, 0.3) is 0 Å². The lowest BCUT2D eigenvalue weighted by molar-refractivity contribution is 0.102. The van der Waals surface area contributed by atoms with Gasteiger partial charge in [0, 0.05) is 0 Å². The number of halogens is 2. The zero-order valence-corrected chi connectivity index (χ0v) is 16.3. The average Bonchev–Trinajstić information content (AvgIpc) is 2.63. The summed E-state index contributed by atoms with van der Waals surface area (Å²) < 4.78 is 39.0. The molecule has 1 N–H and O–H groups in total. The van der Waals surface area contributed by atoms with E-state index in [1.807, 2.05) is 13.0 Å². The second-order valence-electron chi connectivity index (χ2n) is 6.03. The van der Waals surface area contributed by atoms with E-state index in [0.29, 0.717) is 5.56 Å². The minimum atomic E-state index is -3.92. The molecule has 1 heterocycles. The Labute approximate surface area is 166 Å². The van der Waals surface area contributed by atoms with E-state index in [9.17, 15) is 17.6 Å². The maximum atomic E-state index is 13.7. The molecule has 144 valence electrons. The molecular formula is C19H15ClFN3O3S. The van der Waals surface area contributed by atoms with Crippen LogP contribution < -0.4 is 5.32 Å². The molecule has 0 saturated carbocycles. The molecule has 0 saturated heterocycles. The lowest BCUT2D eigenvalue weighted by Crippen LogP contribution is -2.18. The summed E-state index contributed by atoms with van der Waals surface area (Å²) >= 11 is 5.95. The monoisotopic (exact) mass is 419 g/mol. The molecule has 0 aliphatic rings. The molecule has 0 aliphatic carbocycles. The van der Waals surface area contributed by atoms with Gasteiger partial charge >= 0.3 is 0 Å². The fourth-order valence-electron chi connectivity index (χ4n) is 2.49. The van der Waals surface area contributed by atoms with E-state index in [4.69, 9.17) is 11.6 Å². The van der Waals surface area contributed by atoms with Crippen molar-refractivity contribution < 1.29 is 17.6 Å². The third-order valence-corrected chi connectivity index (χ3v) is 5.52. The van der Waals surface area contributed by atoms with Crippen LogP contribution in [0, 0.1) is 12.7 Å². The molecule has 1 aromatic heterocycles. The smallest absolute Gasteiger partial charge is 0.276 e. The SMILES string of the molecule is Cc1cccc(CS(=O)(=O)c2ncc(Cl)c(C(=O)Nc3ccccc3F)n2)c1. The summed E-state index contributed by atoms with van der Waals surface area (Å²) in [5.74, 6) is -1.82. The first kappa shape index (κ1) is 19.9. The van der Waals surface area contributed by atoms with E-state index < -0.39 is 26.7 Å². The highest BCUT2D eigenvalue weighted by molar-refractivity contribution is 7.90. The highest BCUT2D eigenvalue weighted by atomic mass is 35.5. The second-order valence-corrected chi connectivity index (χ2v) is 8.32. The molecule has 3 aromatic rings. The van der Waals surface area contributed by atoms with Crippen LogP contribution in [0.4, 0.5) is 10.1 Å².